The van der Waals surface area contributed by atoms with Crippen LogP contribution in [0.5, 0.6) is 11.6 Å². The quantitative estimate of drug-likeness (QED) is 0.695. The SMILES string of the molecule is CC(C)c1cc(Oc2c(Cl)cc(C3=CN=CN(CC(F)F)N3)cc2Cl)nn(C)c1=O. The molecule has 1 aliphatic heterocycles. The van der Waals surface area contributed by atoms with E-state index in [0.29, 0.717) is 16.8 Å². The molecule has 160 valence electrons. The van der Waals surface area contributed by atoms with Crippen LogP contribution in [0.1, 0.15) is 30.9 Å². The lowest BCUT2D eigenvalue weighted by Crippen LogP contribution is -2.40. The summed E-state index contributed by atoms with van der Waals surface area (Å²) in [5, 5.41) is 5.60. The van der Waals surface area contributed by atoms with Crippen molar-refractivity contribution in [3.8, 4) is 11.6 Å². The first kappa shape index (κ1) is 22.0. The molecule has 2 aromatic rings. The van der Waals surface area contributed by atoms with Crippen molar-refractivity contribution in [1.82, 2.24) is 20.2 Å². The molecule has 2 heterocycles. The number of ether oxygens (including phenoxy) is 1. The topological polar surface area (TPSA) is 71.8 Å². The zero-order valence-corrected chi connectivity index (χ0v) is 17.9. The molecular formula is C19H19Cl2F2N5O2. The normalized spacial score (nSPS) is 13.6. The van der Waals surface area contributed by atoms with Gasteiger partial charge in [-0.2, -0.15) is 0 Å². The second-order valence-electron chi connectivity index (χ2n) is 6.86. The molecule has 30 heavy (non-hydrogen) atoms. The lowest BCUT2D eigenvalue weighted by atomic mass is 10.1. The van der Waals surface area contributed by atoms with Crippen molar-refractivity contribution in [3.05, 3.63) is 55.9 Å². The van der Waals surface area contributed by atoms with E-state index in [0.717, 1.165) is 5.01 Å². The third kappa shape index (κ3) is 4.91. The van der Waals surface area contributed by atoms with Crippen LogP contribution in [-0.2, 0) is 7.05 Å². The molecule has 7 nitrogen and oxygen atoms in total. The second kappa shape index (κ2) is 9.01. The molecule has 0 saturated heterocycles. The minimum atomic E-state index is -2.53. The average molecular weight is 458 g/mol. The van der Waals surface area contributed by atoms with Crippen molar-refractivity contribution in [2.24, 2.45) is 12.0 Å². The number of benzene rings is 1. The Kier molecular flexibility index (Phi) is 6.62. The molecule has 0 atom stereocenters. The number of aliphatic imine (C=N–C) groups is 1. The van der Waals surface area contributed by atoms with Gasteiger partial charge in [0.25, 0.3) is 12.0 Å². The predicted octanol–water partition coefficient (Wildman–Crippen LogP) is 4.41. The molecule has 1 aromatic heterocycles. The molecule has 0 saturated carbocycles. The van der Waals surface area contributed by atoms with Crippen LogP contribution in [0.15, 0.2) is 34.2 Å². The van der Waals surface area contributed by atoms with Gasteiger partial charge in [0.15, 0.2) is 5.75 Å². The van der Waals surface area contributed by atoms with Gasteiger partial charge in [0.1, 0.15) is 12.9 Å². The fourth-order valence-corrected chi connectivity index (χ4v) is 3.33. The summed E-state index contributed by atoms with van der Waals surface area (Å²) in [7, 11) is 1.53. The lowest BCUT2D eigenvalue weighted by Gasteiger charge is -2.25. The summed E-state index contributed by atoms with van der Waals surface area (Å²) < 4.78 is 32.2. The van der Waals surface area contributed by atoms with E-state index in [1.807, 2.05) is 13.8 Å². The zero-order valence-electron chi connectivity index (χ0n) is 16.4. The Labute approximate surface area is 181 Å². The molecule has 0 bridgehead atoms. The van der Waals surface area contributed by atoms with Crippen LogP contribution in [0, 0.1) is 0 Å². The van der Waals surface area contributed by atoms with Crippen molar-refractivity contribution in [1.29, 1.82) is 0 Å². The molecule has 1 N–H and O–H groups in total. The number of hydrogen-bond acceptors (Lipinski definition) is 6. The summed E-state index contributed by atoms with van der Waals surface area (Å²) in [5.74, 6) is 0.302. The number of nitrogens with one attached hydrogen (secondary N) is 1. The van der Waals surface area contributed by atoms with Crippen molar-refractivity contribution >= 4 is 35.2 Å². The highest BCUT2D eigenvalue weighted by atomic mass is 35.5. The standard InChI is InChI=1S/C19H19Cl2F2N5O2/c1-10(2)12-6-17(26-27(3)19(12)29)30-18-13(20)4-11(5-14(18)21)15-7-24-9-28(25-15)8-16(22)23/h4-7,9-10,16,25H,8H2,1-3H3. The van der Waals surface area contributed by atoms with Crippen LogP contribution >= 0.6 is 23.2 Å². The van der Waals surface area contributed by atoms with E-state index in [1.165, 1.54) is 24.3 Å². The molecule has 0 fully saturated rings. The van der Waals surface area contributed by atoms with Crippen LogP contribution < -0.4 is 15.7 Å². The van der Waals surface area contributed by atoms with Gasteiger partial charge in [-0.3, -0.25) is 15.2 Å². The lowest BCUT2D eigenvalue weighted by molar-refractivity contribution is 0.108. The highest BCUT2D eigenvalue weighted by Gasteiger charge is 2.19. The van der Waals surface area contributed by atoms with Crippen molar-refractivity contribution in [2.45, 2.75) is 26.2 Å². The number of hydrazine groups is 1. The minimum Gasteiger partial charge on any atom is -0.434 e. The second-order valence-corrected chi connectivity index (χ2v) is 7.67. The highest BCUT2D eigenvalue weighted by molar-refractivity contribution is 6.37. The number of aryl methyl sites for hydroxylation is 1. The van der Waals surface area contributed by atoms with Crippen molar-refractivity contribution < 1.29 is 13.5 Å². The summed E-state index contributed by atoms with van der Waals surface area (Å²) in [6.07, 6.45) is 0.193. The Morgan fingerprint density at radius 2 is 1.87 bits per heavy atom. The molecule has 0 amide bonds. The number of nitrogens with zero attached hydrogens (tertiary/aromatic N) is 4. The average Bonchev–Trinajstić information content (AvgIpc) is 2.66. The first-order chi connectivity index (χ1) is 14.2. The number of rotatable bonds is 6. The fourth-order valence-electron chi connectivity index (χ4n) is 2.77. The monoisotopic (exact) mass is 457 g/mol. The predicted molar refractivity (Wildman–Crippen MR) is 112 cm³/mol. The van der Waals surface area contributed by atoms with Gasteiger partial charge in [0, 0.05) is 24.2 Å². The first-order valence-corrected chi connectivity index (χ1v) is 9.71. The third-order valence-electron chi connectivity index (χ3n) is 4.21. The Bertz CT molecular complexity index is 1050. The maximum atomic E-state index is 12.6. The van der Waals surface area contributed by atoms with Crippen LogP contribution in [0.2, 0.25) is 10.0 Å². The number of halogens is 4. The zero-order chi connectivity index (χ0) is 22.0. The summed E-state index contributed by atoms with van der Waals surface area (Å²) in [6, 6.07) is 4.68. The summed E-state index contributed by atoms with van der Waals surface area (Å²) in [5.41, 5.74) is 4.12. The first-order valence-electron chi connectivity index (χ1n) is 8.96. The van der Waals surface area contributed by atoms with Gasteiger partial charge >= 0.3 is 0 Å². The molecule has 3 rings (SSSR count). The summed E-state index contributed by atoms with van der Waals surface area (Å²) in [6.45, 7) is 3.25. The van der Waals surface area contributed by atoms with E-state index in [4.69, 9.17) is 27.9 Å². The molecule has 0 spiro atoms. The number of alkyl halides is 2. The van der Waals surface area contributed by atoms with Gasteiger partial charge in [-0.15, -0.1) is 5.10 Å². The van der Waals surface area contributed by atoms with Gasteiger partial charge < -0.3 is 4.74 Å². The Morgan fingerprint density at radius 1 is 1.20 bits per heavy atom. The van der Waals surface area contributed by atoms with E-state index in [2.05, 4.69) is 15.5 Å². The molecule has 1 aliphatic rings. The molecular weight excluding hydrogens is 439 g/mol. The minimum absolute atomic E-state index is 0.0246. The van der Waals surface area contributed by atoms with Crippen molar-refractivity contribution in [3.63, 3.8) is 0 Å². The molecule has 0 unspecified atom stereocenters. The number of aromatic nitrogens is 2. The van der Waals surface area contributed by atoms with E-state index >= 15 is 0 Å². The molecule has 0 radical (unpaired) electrons. The summed E-state index contributed by atoms with van der Waals surface area (Å²) >= 11 is 12.7. The van der Waals surface area contributed by atoms with Crippen LogP contribution in [0.3, 0.4) is 0 Å². The van der Waals surface area contributed by atoms with E-state index in [9.17, 15) is 13.6 Å². The van der Waals surface area contributed by atoms with Gasteiger partial charge in [0.2, 0.25) is 5.88 Å². The van der Waals surface area contributed by atoms with E-state index < -0.39 is 13.0 Å². The van der Waals surface area contributed by atoms with Gasteiger partial charge in [-0.1, -0.05) is 37.0 Å². The Hall–Kier alpha value is -2.65. The smallest absolute Gasteiger partial charge is 0.270 e. The fraction of sp³-hybridized carbons (Fsp3) is 0.316. The maximum absolute atomic E-state index is 12.6. The summed E-state index contributed by atoms with van der Waals surface area (Å²) in [4.78, 5) is 16.1. The third-order valence-corrected chi connectivity index (χ3v) is 4.78. The molecule has 11 heteroatoms. The highest BCUT2D eigenvalue weighted by Crippen LogP contribution is 2.38. The van der Waals surface area contributed by atoms with E-state index in [-0.39, 0.29) is 33.2 Å². The number of hydrogen-bond donors (Lipinski definition) is 1. The maximum Gasteiger partial charge on any atom is 0.270 e. The largest absolute Gasteiger partial charge is 0.434 e. The van der Waals surface area contributed by atoms with Gasteiger partial charge in [0.05, 0.1) is 21.9 Å². The van der Waals surface area contributed by atoms with E-state index in [1.54, 1.807) is 18.2 Å². The Balaban J connectivity index is 1.89. The van der Waals surface area contributed by atoms with Gasteiger partial charge in [-0.05, 0) is 18.1 Å². The molecule has 1 aromatic carbocycles. The van der Waals surface area contributed by atoms with Gasteiger partial charge in [-0.25, -0.2) is 18.5 Å². The Morgan fingerprint density at radius 3 is 2.47 bits per heavy atom. The molecule has 0 aliphatic carbocycles. The van der Waals surface area contributed by atoms with Crippen LogP contribution in [0.25, 0.3) is 5.70 Å². The van der Waals surface area contributed by atoms with Crippen LogP contribution in [-0.4, -0.2) is 34.1 Å². The van der Waals surface area contributed by atoms with Crippen LogP contribution in [0.4, 0.5) is 8.78 Å². The van der Waals surface area contributed by atoms with Crippen molar-refractivity contribution in [2.75, 3.05) is 6.54 Å².